The maximum atomic E-state index is 13.3. The quantitative estimate of drug-likeness (QED) is 0.622. The van der Waals surface area contributed by atoms with Gasteiger partial charge in [0, 0.05) is 25.2 Å². The van der Waals surface area contributed by atoms with Gasteiger partial charge >= 0.3 is 11.9 Å². The summed E-state index contributed by atoms with van der Waals surface area (Å²) in [5.41, 5.74) is 2.60. The first-order chi connectivity index (χ1) is 14.8. The van der Waals surface area contributed by atoms with Gasteiger partial charge in [-0.05, 0) is 49.1 Å². The second-order valence-corrected chi connectivity index (χ2v) is 7.24. The molecule has 9 heteroatoms. The Balaban J connectivity index is 0.000000401. The summed E-state index contributed by atoms with van der Waals surface area (Å²) in [5, 5.41) is 14.8. The van der Waals surface area contributed by atoms with Crippen molar-refractivity contribution in [2.75, 3.05) is 13.1 Å². The molecule has 31 heavy (non-hydrogen) atoms. The first-order valence-electron chi connectivity index (χ1n) is 9.76. The standard InChI is InChI=1S/C20H20FN3O.C2H2O4/c21-17-5-3-4-16(12-17)20(25)23-10-8-15(9-11-23)13-24-14-22-18-6-1-2-7-19(18)24;3-1(4)2(5)6/h1-7,12,14-15H,8-11,13H2;(H,3,4)(H,5,6). The van der Waals surface area contributed by atoms with Crippen LogP contribution in [0.1, 0.15) is 23.2 Å². The van der Waals surface area contributed by atoms with Gasteiger partial charge < -0.3 is 19.7 Å². The minimum Gasteiger partial charge on any atom is -0.473 e. The molecule has 0 radical (unpaired) electrons. The molecule has 2 heterocycles. The maximum absolute atomic E-state index is 13.3. The van der Waals surface area contributed by atoms with E-state index in [1.807, 2.05) is 29.4 Å². The third kappa shape index (κ3) is 5.65. The second kappa shape index (κ2) is 9.84. The van der Waals surface area contributed by atoms with Crippen LogP contribution in [0.4, 0.5) is 4.39 Å². The number of amides is 1. The van der Waals surface area contributed by atoms with Crippen LogP contribution in [0, 0.1) is 11.7 Å². The van der Waals surface area contributed by atoms with Gasteiger partial charge in [0.25, 0.3) is 5.91 Å². The maximum Gasteiger partial charge on any atom is 0.414 e. The molecule has 0 bridgehead atoms. The molecule has 0 atom stereocenters. The lowest BCUT2D eigenvalue weighted by Gasteiger charge is -2.32. The van der Waals surface area contributed by atoms with E-state index in [9.17, 15) is 9.18 Å². The number of carboxylic acids is 2. The normalized spacial score (nSPS) is 14.0. The second-order valence-electron chi connectivity index (χ2n) is 7.24. The Bertz CT molecular complexity index is 1080. The van der Waals surface area contributed by atoms with Crippen molar-refractivity contribution in [2.24, 2.45) is 5.92 Å². The molecule has 4 rings (SSSR count). The van der Waals surface area contributed by atoms with Crippen molar-refractivity contribution in [3.8, 4) is 0 Å². The smallest absolute Gasteiger partial charge is 0.414 e. The SMILES string of the molecule is O=C(O)C(=O)O.O=C(c1cccc(F)c1)N1CCC(Cn2cnc3ccccc32)CC1. The summed E-state index contributed by atoms with van der Waals surface area (Å²) in [5.74, 6) is -3.57. The Morgan fingerprint density at radius 2 is 1.68 bits per heavy atom. The highest BCUT2D eigenvalue weighted by molar-refractivity contribution is 6.27. The average molecular weight is 427 g/mol. The number of carboxylic acid groups (broad SMARTS) is 2. The molecule has 0 saturated carbocycles. The minimum atomic E-state index is -1.82. The van der Waals surface area contributed by atoms with E-state index in [4.69, 9.17) is 19.8 Å². The van der Waals surface area contributed by atoms with Gasteiger partial charge in [0.1, 0.15) is 5.82 Å². The summed E-state index contributed by atoms with van der Waals surface area (Å²) in [4.78, 5) is 37.0. The molecule has 0 unspecified atom stereocenters. The fraction of sp³-hybridized carbons (Fsp3) is 0.273. The number of rotatable bonds is 3. The van der Waals surface area contributed by atoms with Gasteiger partial charge in [-0.25, -0.2) is 19.0 Å². The van der Waals surface area contributed by atoms with Crippen LogP contribution in [0.25, 0.3) is 11.0 Å². The predicted octanol–water partition coefficient (Wildman–Crippen LogP) is 2.88. The molecule has 162 valence electrons. The van der Waals surface area contributed by atoms with Gasteiger partial charge in [-0.3, -0.25) is 4.79 Å². The highest BCUT2D eigenvalue weighted by Gasteiger charge is 2.24. The number of halogens is 1. The number of piperidine rings is 1. The van der Waals surface area contributed by atoms with Crippen LogP contribution in [0.2, 0.25) is 0 Å². The zero-order valence-electron chi connectivity index (χ0n) is 16.6. The zero-order chi connectivity index (χ0) is 22.4. The number of hydrogen-bond acceptors (Lipinski definition) is 4. The molecular weight excluding hydrogens is 405 g/mol. The molecule has 2 N–H and O–H groups in total. The number of aliphatic carboxylic acids is 2. The third-order valence-corrected chi connectivity index (χ3v) is 5.14. The molecule has 0 aliphatic carbocycles. The number of fused-ring (bicyclic) bond motifs is 1. The summed E-state index contributed by atoms with van der Waals surface area (Å²) < 4.78 is 15.5. The van der Waals surface area contributed by atoms with Gasteiger partial charge in [-0.15, -0.1) is 0 Å². The topological polar surface area (TPSA) is 113 Å². The molecule has 1 aromatic heterocycles. The van der Waals surface area contributed by atoms with Crippen LogP contribution in [-0.2, 0) is 16.1 Å². The average Bonchev–Trinajstić information content (AvgIpc) is 3.17. The van der Waals surface area contributed by atoms with Gasteiger partial charge in [0.05, 0.1) is 17.4 Å². The lowest BCUT2D eigenvalue weighted by molar-refractivity contribution is -0.159. The fourth-order valence-corrected chi connectivity index (χ4v) is 3.56. The van der Waals surface area contributed by atoms with E-state index in [0.29, 0.717) is 24.6 Å². The van der Waals surface area contributed by atoms with E-state index in [0.717, 1.165) is 30.4 Å². The van der Waals surface area contributed by atoms with E-state index < -0.39 is 11.9 Å². The Morgan fingerprint density at radius 3 is 2.32 bits per heavy atom. The lowest BCUT2D eigenvalue weighted by Crippen LogP contribution is -2.39. The van der Waals surface area contributed by atoms with Gasteiger partial charge in [-0.1, -0.05) is 18.2 Å². The first-order valence-corrected chi connectivity index (χ1v) is 9.76. The molecule has 1 saturated heterocycles. The predicted molar refractivity (Wildman–Crippen MR) is 110 cm³/mol. The third-order valence-electron chi connectivity index (χ3n) is 5.14. The number of nitrogens with zero attached hydrogens (tertiary/aromatic N) is 3. The van der Waals surface area contributed by atoms with Crippen molar-refractivity contribution in [1.29, 1.82) is 0 Å². The molecule has 3 aromatic rings. The number of aromatic nitrogens is 2. The fourth-order valence-electron chi connectivity index (χ4n) is 3.56. The van der Waals surface area contributed by atoms with Crippen LogP contribution < -0.4 is 0 Å². The molecule has 1 aliphatic rings. The number of benzene rings is 2. The highest BCUT2D eigenvalue weighted by atomic mass is 19.1. The first kappa shape index (κ1) is 21.9. The van der Waals surface area contributed by atoms with Crippen LogP contribution in [-0.4, -0.2) is 55.6 Å². The Morgan fingerprint density at radius 1 is 1.00 bits per heavy atom. The minimum absolute atomic E-state index is 0.0777. The van der Waals surface area contributed by atoms with Crippen LogP contribution in [0.3, 0.4) is 0 Å². The Kier molecular flexibility index (Phi) is 6.96. The molecular formula is C22H22FN3O5. The summed E-state index contributed by atoms with van der Waals surface area (Å²) >= 11 is 0. The van der Waals surface area contributed by atoms with Crippen molar-refractivity contribution >= 4 is 28.9 Å². The van der Waals surface area contributed by atoms with E-state index in [-0.39, 0.29) is 11.7 Å². The number of imidazole rings is 1. The molecule has 0 spiro atoms. The summed E-state index contributed by atoms with van der Waals surface area (Å²) in [6.07, 6.45) is 3.80. The molecule has 8 nitrogen and oxygen atoms in total. The van der Waals surface area contributed by atoms with Crippen LogP contribution in [0.5, 0.6) is 0 Å². The Hall–Kier alpha value is -3.75. The number of likely N-dealkylation sites (tertiary alicyclic amines) is 1. The number of hydrogen-bond donors (Lipinski definition) is 2. The number of para-hydroxylation sites is 2. The van der Waals surface area contributed by atoms with E-state index in [1.54, 1.807) is 12.1 Å². The monoisotopic (exact) mass is 427 g/mol. The molecule has 1 fully saturated rings. The van der Waals surface area contributed by atoms with E-state index >= 15 is 0 Å². The summed E-state index contributed by atoms with van der Waals surface area (Å²) in [7, 11) is 0. The van der Waals surface area contributed by atoms with Crippen molar-refractivity contribution in [2.45, 2.75) is 19.4 Å². The van der Waals surface area contributed by atoms with E-state index in [1.165, 1.54) is 12.1 Å². The van der Waals surface area contributed by atoms with Crippen LogP contribution >= 0.6 is 0 Å². The van der Waals surface area contributed by atoms with Gasteiger partial charge in [-0.2, -0.15) is 0 Å². The van der Waals surface area contributed by atoms with Crippen molar-refractivity contribution < 1.29 is 29.0 Å². The van der Waals surface area contributed by atoms with Gasteiger partial charge in [0.2, 0.25) is 0 Å². The number of carbonyl (C=O) groups is 3. The zero-order valence-corrected chi connectivity index (χ0v) is 16.6. The van der Waals surface area contributed by atoms with Crippen LogP contribution in [0.15, 0.2) is 54.9 Å². The van der Waals surface area contributed by atoms with E-state index in [2.05, 4.69) is 15.6 Å². The number of carbonyl (C=O) groups excluding carboxylic acids is 1. The summed E-state index contributed by atoms with van der Waals surface area (Å²) in [6.45, 7) is 2.35. The molecule has 1 aliphatic heterocycles. The lowest BCUT2D eigenvalue weighted by atomic mass is 9.96. The van der Waals surface area contributed by atoms with Crippen molar-refractivity contribution in [3.05, 3.63) is 66.2 Å². The molecule has 1 amide bonds. The molecule has 2 aromatic carbocycles. The van der Waals surface area contributed by atoms with Crippen molar-refractivity contribution in [1.82, 2.24) is 14.5 Å². The van der Waals surface area contributed by atoms with Gasteiger partial charge in [0.15, 0.2) is 0 Å². The Labute approximate surface area is 177 Å². The largest absolute Gasteiger partial charge is 0.473 e. The highest BCUT2D eigenvalue weighted by Crippen LogP contribution is 2.23. The summed E-state index contributed by atoms with van der Waals surface area (Å²) in [6, 6.07) is 14.1. The van der Waals surface area contributed by atoms with Crippen molar-refractivity contribution in [3.63, 3.8) is 0 Å².